The summed E-state index contributed by atoms with van der Waals surface area (Å²) in [6.07, 6.45) is 48.5. The van der Waals surface area contributed by atoms with E-state index in [1.54, 1.807) is 0 Å². The lowest BCUT2D eigenvalue weighted by atomic mass is 10.0. The van der Waals surface area contributed by atoms with E-state index in [0.29, 0.717) is 12.8 Å². The van der Waals surface area contributed by atoms with Crippen LogP contribution in [0.2, 0.25) is 0 Å². The van der Waals surface area contributed by atoms with Crippen LogP contribution in [0, 0.1) is 0 Å². The highest BCUT2D eigenvalue weighted by Crippen LogP contribution is 2.15. The van der Waals surface area contributed by atoms with Crippen LogP contribution in [-0.4, -0.2) is 11.8 Å². The maximum absolute atomic E-state index is 10.7. The van der Waals surface area contributed by atoms with E-state index in [9.17, 15) is 9.59 Å². The summed E-state index contributed by atoms with van der Waals surface area (Å²) >= 11 is 0. The fourth-order valence-corrected chi connectivity index (χ4v) is 5.48. The van der Waals surface area contributed by atoms with Gasteiger partial charge >= 0.3 is 0 Å². The van der Waals surface area contributed by atoms with Gasteiger partial charge in [0.25, 0.3) is 0 Å². The number of rotatable bonds is 34. The molecule has 0 aliphatic carbocycles. The molecular formula is C37H70N2O2. The lowest BCUT2D eigenvalue weighted by Crippen LogP contribution is -2.09. The van der Waals surface area contributed by atoms with Crippen molar-refractivity contribution < 1.29 is 9.59 Å². The Bertz CT molecular complexity index is 562. The van der Waals surface area contributed by atoms with Gasteiger partial charge in [-0.25, -0.2) is 0 Å². The number of nitrogens with two attached hydrogens (primary N) is 2. The van der Waals surface area contributed by atoms with E-state index in [1.807, 2.05) is 0 Å². The summed E-state index contributed by atoms with van der Waals surface area (Å²) in [6.45, 7) is 0. The second-order valence-electron chi connectivity index (χ2n) is 12.4. The van der Waals surface area contributed by atoms with E-state index in [0.717, 1.165) is 25.7 Å². The third-order valence-corrected chi connectivity index (χ3v) is 8.16. The molecule has 0 unspecified atom stereocenters. The summed E-state index contributed by atoms with van der Waals surface area (Å²) in [7, 11) is 0. The second-order valence-corrected chi connectivity index (χ2v) is 12.4. The Morgan fingerprint density at radius 1 is 0.293 bits per heavy atom. The van der Waals surface area contributed by atoms with Crippen LogP contribution in [0.25, 0.3) is 0 Å². The van der Waals surface area contributed by atoms with Gasteiger partial charge in [0.1, 0.15) is 0 Å². The summed E-state index contributed by atoms with van der Waals surface area (Å²) in [5.41, 5.74) is 10.3. The van der Waals surface area contributed by atoms with Gasteiger partial charge in [0.2, 0.25) is 11.8 Å². The van der Waals surface area contributed by atoms with E-state index in [2.05, 4.69) is 24.3 Å². The Hall–Kier alpha value is -1.58. The van der Waals surface area contributed by atoms with Gasteiger partial charge in [0.05, 0.1) is 0 Å². The first kappa shape index (κ1) is 39.4. The molecule has 4 N–H and O–H groups in total. The van der Waals surface area contributed by atoms with E-state index in [-0.39, 0.29) is 11.8 Å². The highest BCUT2D eigenvalue weighted by molar-refractivity contribution is 5.73. The topological polar surface area (TPSA) is 86.2 Å². The zero-order chi connectivity index (χ0) is 29.9. The molecule has 0 bridgehead atoms. The highest BCUT2D eigenvalue weighted by Gasteiger charge is 1.97. The van der Waals surface area contributed by atoms with Gasteiger partial charge in [-0.1, -0.05) is 146 Å². The maximum Gasteiger partial charge on any atom is 0.217 e. The first-order valence-electron chi connectivity index (χ1n) is 18.0. The Balaban J connectivity index is 3.13. The molecule has 2 amide bonds. The molecule has 0 aliphatic heterocycles. The van der Waals surface area contributed by atoms with Gasteiger partial charge in [-0.2, -0.15) is 0 Å². The Morgan fingerprint density at radius 3 is 0.659 bits per heavy atom. The average Bonchev–Trinajstić information content (AvgIpc) is 2.94. The second kappa shape index (κ2) is 34.6. The Morgan fingerprint density at radius 2 is 0.463 bits per heavy atom. The normalized spacial score (nSPS) is 11.7. The summed E-state index contributed by atoms with van der Waals surface area (Å²) in [4.78, 5) is 21.4. The molecule has 240 valence electrons. The van der Waals surface area contributed by atoms with Crippen molar-refractivity contribution in [3.63, 3.8) is 0 Å². The molecule has 0 aromatic heterocycles. The molecule has 4 nitrogen and oxygen atoms in total. The largest absolute Gasteiger partial charge is 0.370 e. The van der Waals surface area contributed by atoms with E-state index in [4.69, 9.17) is 11.5 Å². The molecule has 0 saturated heterocycles. The van der Waals surface area contributed by atoms with Crippen molar-refractivity contribution in [3.05, 3.63) is 24.3 Å². The molecule has 41 heavy (non-hydrogen) atoms. The summed E-state index contributed by atoms with van der Waals surface area (Å²) < 4.78 is 0. The number of hydrogen-bond acceptors (Lipinski definition) is 2. The van der Waals surface area contributed by atoms with Gasteiger partial charge in [0, 0.05) is 12.8 Å². The molecule has 0 heterocycles. The monoisotopic (exact) mass is 575 g/mol. The number of allylic oxidation sites excluding steroid dienone is 4. The summed E-state index contributed by atoms with van der Waals surface area (Å²) in [5, 5.41) is 0. The molecule has 0 saturated carbocycles. The fraction of sp³-hybridized carbons (Fsp3) is 0.838. The van der Waals surface area contributed by atoms with Gasteiger partial charge in [-0.05, 0) is 64.2 Å². The predicted octanol–water partition coefficient (Wildman–Crippen LogP) is 11.2. The minimum Gasteiger partial charge on any atom is -0.370 e. The summed E-state index contributed by atoms with van der Waals surface area (Å²) in [5.74, 6) is -0.330. The van der Waals surface area contributed by atoms with Crippen LogP contribution in [0.15, 0.2) is 24.3 Å². The van der Waals surface area contributed by atoms with Crippen molar-refractivity contribution in [2.24, 2.45) is 11.5 Å². The van der Waals surface area contributed by atoms with E-state index < -0.39 is 0 Å². The Labute approximate surface area is 256 Å². The van der Waals surface area contributed by atoms with Crippen molar-refractivity contribution in [2.75, 3.05) is 0 Å². The first-order valence-corrected chi connectivity index (χ1v) is 18.0. The van der Waals surface area contributed by atoms with Crippen LogP contribution in [0.3, 0.4) is 0 Å². The first-order chi connectivity index (χ1) is 20.1. The zero-order valence-corrected chi connectivity index (χ0v) is 27.2. The molecule has 0 fully saturated rings. The van der Waals surface area contributed by atoms with E-state index >= 15 is 0 Å². The number of carbonyl (C=O) groups excluding carboxylic acids is 2. The lowest BCUT2D eigenvalue weighted by molar-refractivity contribution is -0.119. The molecule has 0 aromatic rings. The van der Waals surface area contributed by atoms with Crippen LogP contribution in [0.4, 0.5) is 0 Å². The molecule has 0 radical (unpaired) electrons. The third kappa shape index (κ3) is 38.4. The predicted molar refractivity (Wildman–Crippen MR) is 180 cm³/mol. The molecule has 0 atom stereocenters. The highest BCUT2D eigenvalue weighted by atomic mass is 16.1. The number of amides is 2. The van der Waals surface area contributed by atoms with Crippen molar-refractivity contribution in [2.45, 2.75) is 199 Å². The smallest absolute Gasteiger partial charge is 0.217 e. The van der Waals surface area contributed by atoms with Gasteiger partial charge < -0.3 is 11.5 Å². The average molecular weight is 575 g/mol. The van der Waals surface area contributed by atoms with Crippen molar-refractivity contribution >= 4 is 11.8 Å². The minimum absolute atomic E-state index is 0.165. The number of unbranched alkanes of at least 4 members (excludes halogenated alkanes) is 26. The lowest BCUT2D eigenvalue weighted by Gasteiger charge is -2.03. The molecule has 4 heteroatoms. The zero-order valence-electron chi connectivity index (χ0n) is 27.2. The SMILES string of the molecule is NC(=O)CCCCCCC/C=C\CCCCCCCCCCCCCCCCC/C=C\CCCCCCCC(N)=O. The van der Waals surface area contributed by atoms with Crippen molar-refractivity contribution in [1.29, 1.82) is 0 Å². The van der Waals surface area contributed by atoms with Gasteiger partial charge in [0.15, 0.2) is 0 Å². The van der Waals surface area contributed by atoms with Crippen molar-refractivity contribution in [3.8, 4) is 0 Å². The molecule has 0 aromatic carbocycles. The van der Waals surface area contributed by atoms with Crippen LogP contribution in [0.1, 0.15) is 199 Å². The molecular weight excluding hydrogens is 504 g/mol. The molecule has 0 aliphatic rings. The van der Waals surface area contributed by atoms with Crippen molar-refractivity contribution in [1.82, 2.24) is 0 Å². The number of primary amides is 2. The standard InChI is InChI=1S/C37H70N2O2/c38-36(40)34-32-30-28-26-24-22-20-18-16-14-12-10-8-6-4-2-1-3-5-7-9-11-13-15-17-19-21-23-25-27-29-31-33-35-37(39)41/h18-21H,1-17,22-35H2,(H2,38,40)(H2,39,41)/b20-18-,21-19-. The van der Waals surface area contributed by atoms with Crippen LogP contribution in [-0.2, 0) is 9.59 Å². The molecule has 0 rings (SSSR count). The number of hydrogen-bond donors (Lipinski definition) is 2. The minimum atomic E-state index is -0.165. The third-order valence-electron chi connectivity index (χ3n) is 8.16. The number of carbonyl (C=O) groups is 2. The Kier molecular flexibility index (Phi) is 33.3. The van der Waals surface area contributed by atoms with Gasteiger partial charge in [-0.3, -0.25) is 9.59 Å². The fourth-order valence-electron chi connectivity index (χ4n) is 5.48. The van der Waals surface area contributed by atoms with Crippen LogP contribution < -0.4 is 11.5 Å². The van der Waals surface area contributed by atoms with Gasteiger partial charge in [-0.15, -0.1) is 0 Å². The maximum atomic E-state index is 10.7. The quantitative estimate of drug-likeness (QED) is 0.0591. The van der Waals surface area contributed by atoms with E-state index in [1.165, 1.54) is 161 Å². The van der Waals surface area contributed by atoms with Crippen LogP contribution >= 0.6 is 0 Å². The van der Waals surface area contributed by atoms with Crippen LogP contribution in [0.5, 0.6) is 0 Å². The molecule has 0 spiro atoms. The summed E-state index contributed by atoms with van der Waals surface area (Å²) in [6, 6.07) is 0.